The van der Waals surface area contributed by atoms with Gasteiger partial charge in [0, 0.05) is 45.3 Å². The van der Waals surface area contributed by atoms with Crippen molar-refractivity contribution < 1.29 is 17.9 Å². The van der Waals surface area contributed by atoms with Crippen LogP contribution >= 0.6 is 0 Å². The lowest BCUT2D eigenvalue weighted by Gasteiger charge is -2.37. The molecule has 1 aliphatic heterocycles. The van der Waals surface area contributed by atoms with Crippen LogP contribution in [0.5, 0.6) is 5.75 Å². The first kappa shape index (κ1) is 24.3. The van der Waals surface area contributed by atoms with E-state index in [-0.39, 0.29) is 5.75 Å². The van der Waals surface area contributed by atoms with Crippen LogP contribution in [-0.4, -0.2) is 80.4 Å². The van der Waals surface area contributed by atoms with E-state index in [1.165, 1.54) is 12.1 Å². The van der Waals surface area contributed by atoms with Crippen molar-refractivity contribution in [2.75, 3.05) is 52.4 Å². The van der Waals surface area contributed by atoms with Gasteiger partial charge in [-0.05, 0) is 38.1 Å². The number of guanidine groups is 1. The fraction of sp³-hybridized carbons (Fsp3) is 0.667. The molecule has 0 aliphatic carbocycles. The van der Waals surface area contributed by atoms with Gasteiger partial charge in [-0.15, -0.1) is 0 Å². The highest BCUT2D eigenvalue weighted by Gasteiger charge is 2.28. The Hall–Kier alpha value is -2.00. The molecule has 2 N–H and O–H groups in total. The first-order chi connectivity index (χ1) is 14.3. The highest BCUT2D eigenvalue weighted by Crippen LogP contribution is 2.19. The molecule has 6 nitrogen and oxygen atoms in total. The molecule has 0 aromatic heterocycles. The number of aliphatic imine (C=N–C) groups is 1. The molecule has 0 amide bonds. The van der Waals surface area contributed by atoms with E-state index in [4.69, 9.17) is 4.74 Å². The summed E-state index contributed by atoms with van der Waals surface area (Å²) in [5, 5.41) is 6.63. The molecule has 9 heteroatoms. The lowest BCUT2D eigenvalue weighted by atomic mass is 10.2. The largest absolute Gasteiger partial charge is 0.484 e. The summed E-state index contributed by atoms with van der Waals surface area (Å²) in [6, 6.07) is 6.94. The van der Waals surface area contributed by atoms with Gasteiger partial charge < -0.3 is 20.3 Å². The Morgan fingerprint density at radius 2 is 1.77 bits per heavy atom. The Bertz CT molecular complexity index is 643. The van der Waals surface area contributed by atoms with E-state index >= 15 is 0 Å². The van der Waals surface area contributed by atoms with Crippen molar-refractivity contribution in [1.82, 2.24) is 20.4 Å². The number of nitrogens with one attached hydrogen (secondary N) is 2. The van der Waals surface area contributed by atoms with Crippen molar-refractivity contribution in [3.05, 3.63) is 29.8 Å². The van der Waals surface area contributed by atoms with Crippen molar-refractivity contribution in [1.29, 1.82) is 0 Å². The molecule has 30 heavy (non-hydrogen) atoms. The predicted molar refractivity (Wildman–Crippen MR) is 114 cm³/mol. The Balaban J connectivity index is 1.82. The van der Waals surface area contributed by atoms with Gasteiger partial charge in [-0.25, -0.2) is 4.99 Å². The minimum absolute atomic E-state index is 0.196. The maximum atomic E-state index is 12.2. The number of nitrogens with zero attached hydrogens (tertiary/aromatic N) is 3. The molecule has 1 saturated heterocycles. The van der Waals surface area contributed by atoms with Crippen molar-refractivity contribution in [3.63, 3.8) is 0 Å². The maximum Gasteiger partial charge on any atom is 0.422 e. The lowest BCUT2D eigenvalue weighted by molar-refractivity contribution is -0.153. The van der Waals surface area contributed by atoms with Crippen LogP contribution in [0.15, 0.2) is 29.3 Å². The van der Waals surface area contributed by atoms with Crippen LogP contribution in [0, 0.1) is 0 Å². The van der Waals surface area contributed by atoms with E-state index in [1.54, 1.807) is 12.1 Å². The maximum absolute atomic E-state index is 12.2. The highest BCUT2D eigenvalue weighted by atomic mass is 19.4. The number of halogens is 3. The molecule has 0 bridgehead atoms. The van der Waals surface area contributed by atoms with Crippen LogP contribution < -0.4 is 15.4 Å². The van der Waals surface area contributed by atoms with Gasteiger partial charge in [0.15, 0.2) is 12.6 Å². The summed E-state index contributed by atoms with van der Waals surface area (Å²) < 4.78 is 41.4. The van der Waals surface area contributed by atoms with Crippen LogP contribution in [0.2, 0.25) is 0 Å². The molecular formula is C21H34F3N5O. The molecule has 1 aromatic carbocycles. The normalized spacial score (nSPS) is 17.6. The monoisotopic (exact) mass is 429 g/mol. The standard InChI is InChI=1S/C21H34F3N5O/c1-4-25-20(26-14-17(3)29-12-10-28(5-2)11-13-29)27-15-18-6-8-19(9-7-18)30-16-21(22,23)24/h6-9,17H,4-5,10-16H2,1-3H3,(H2,25,26,27). The number of rotatable bonds is 9. The van der Waals surface area contributed by atoms with Gasteiger partial charge in [0.25, 0.3) is 0 Å². The molecule has 1 aliphatic rings. The van der Waals surface area contributed by atoms with E-state index in [0.717, 1.165) is 57.3 Å². The molecule has 1 aromatic rings. The molecule has 2 rings (SSSR count). The lowest BCUT2D eigenvalue weighted by Crippen LogP contribution is -2.53. The van der Waals surface area contributed by atoms with Gasteiger partial charge in [-0.2, -0.15) is 13.2 Å². The van der Waals surface area contributed by atoms with Crippen LogP contribution in [0.25, 0.3) is 0 Å². The van der Waals surface area contributed by atoms with Gasteiger partial charge in [0.2, 0.25) is 0 Å². The van der Waals surface area contributed by atoms with Gasteiger partial charge in [-0.3, -0.25) is 4.90 Å². The fourth-order valence-corrected chi connectivity index (χ4v) is 3.26. The predicted octanol–water partition coefficient (Wildman–Crippen LogP) is 2.71. The minimum atomic E-state index is -4.34. The number of likely N-dealkylation sites (N-methyl/N-ethyl adjacent to an activating group) is 1. The third kappa shape index (κ3) is 8.79. The average Bonchev–Trinajstić information content (AvgIpc) is 2.74. The molecule has 1 atom stereocenters. The Labute approximate surface area is 177 Å². The number of hydrogen-bond acceptors (Lipinski definition) is 4. The topological polar surface area (TPSA) is 52.1 Å². The smallest absolute Gasteiger partial charge is 0.422 e. The fourth-order valence-electron chi connectivity index (χ4n) is 3.26. The average molecular weight is 430 g/mol. The van der Waals surface area contributed by atoms with Crippen LogP contribution in [0.3, 0.4) is 0 Å². The molecule has 1 heterocycles. The number of benzene rings is 1. The molecule has 1 unspecified atom stereocenters. The van der Waals surface area contributed by atoms with Crippen molar-refractivity contribution in [3.8, 4) is 5.75 Å². The molecular weight excluding hydrogens is 395 g/mol. The zero-order valence-electron chi connectivity index (χ0n) is 18.1. The second kappa shape index (κ2) is 12.0. The quantitative estimate of drug-likeness (QED) is 0.467. The van der Waals surface area contributed by atoms with Crippen molar-refractivity contribution in [2.24, 2.45) is 4.99 Å². The van der Waals surface area contributed by atoms with Crippen molar-refractivity contribution in [2.45, 2.75) is 39.5 Å². The van der Waals surface area contributed by atoms with E-state index in [9.17, 15) is 13.2 Å². The molecule has 0 radical (unpaired) electrons. The Morgan fingerprint density at radius 3 is 2.33 bits per heavy atom. The van der Waals surface area contributed by atoms with Gasteiger partial charge >= 0.3 is 6.18 Å². The first-order valence-electron chi connectivity index (χ1n) is 10.6. The third-order valence-corrected chi connectivity index (χ3v) is 5.13. The summed E-state index contributed by atoms with van der Waals surface area (Å²) in [4.78, 5) is 9.54. The first-order valence-corrected chi connectivity index (χ1v) is 10.6. The summed E-state index contributed by atoms with van der Waals surface area (Å²) in [5.74, 6) is 0.927. The van der Waals surface area contributed by atoms with Gasteiger partial charge in [-0.1, -0.05) is 19.1 Å². The number of ether oxygens (including phenoxy) is 1. The minimum Gasteiger partial charge on any atom is -0.484 e. The van der Waals surface area contributed by atoms with E-state index < -0.39 is 12.8 Å². The summed E-state index contributed by atoms with van der Waals surface area (Å²) >= 11 is 0. The van der Waals surface area contributed by atoms with Crippen LogP contribution in [-0.2, 0) is 6.54 Å². The van der Waals surface area contributed by atoms with Crippen LogP contribution in [0.4, 0.5) is 13.2 Å². The zero-order valence-corrected chi connectivity index (χ0v) is 18.1. The molecule has 1 fully saturated rings. The number of hydrogen-bond donors (Lipinski definition) is 2. The van der Waals surface area contributed by atoms with E-state index in [2.05, 4.69) is 39.3 Å². The third-order valence-electron chi connectivity index (χ3n) is 5.13. The highest BCUT2D eigenvalue weighted by molar-refractivity contribution is 5.79. The second-order valence-corrected chi connectivity index (χ2v) is 7.44. The molecule has 170 valence electrons. The Kier molecular flexibility index (Phi) is 9.71. The van der Waals surface area contributed by atoms with E-state index in [1.807, 2.05) is 6.92 Å². The molecule has 0 spiro atoms. The van der Waals surface area contributed by atoms with Crippen LogP contribution in [0.1, 0.15) is 26.3 Å². The SMILES string of the molecule is CCNC(=NCc1ccc(OCC(F)(F)F)cc1)NCC(C)N1CCN(CC)CC1. The summed E-state index contributed by atoms with van der Waals surface area (Å²) in [7, 11) is 0. The number of alkyl halides is 3. The van der Waals surface area contributed by atoms with E-state index in [0.29, 0.717) is 12.6 Å². The number of piperazine rings is 1. The van der Waals surface area contributed by atoms with Crippen molar-refractivity contribution >= 4 is 5.96 Å². The summed E-state index contributed by atoms with van der Waals surface area (Å²) in [6.45, 7) is 12.6. The van der Waals surface area contributed by atoms with Gasteiger partial charge in [0.1, 0.15) is 5.75 Å². The summed E-state index contributed by atoms with van der Waals surface area (Å²) in [6.07, 6.45) is -4.34. The second-order valence-electron chi connectivity index (χ2n) is 7.44. The summed E-state index contributed by atoms with van der Waals surface area (Å²) in [5.41, 5.74) is 0.898. The Morgan fingerprint density at radius 1 is 1.10 bits per heavy atom. The van der Waals surface area contributed by atoms with Gasteiger partial charge in [0.05, 0.1) is 6.54 Å². The zero-order chi connectivity index (χ0) is 22.0. The molecule has 0 saturated carbocycles.